The van der Waals surface area contributed by atoms with Crippen molar-refractivity contribution in [2.75, 3.05) is 7.05 Å². The fraction of sp³-hybridized carbons (Fsp3) is 0.231. The van der Waals surface area contributed by atoms with Crippen molar-refractivity contribution in [2.24, 2.45) is 0 Å². The minimum atomic E-state index is -4.56. The summed E-state index contributed by atoms with van der Waals surface area (Å²) in [4.78, 5) is 11.4. The van der Waals surface area contributed by atoms with Crippen LogP contribution in [0.3, 0.4) is 0 Å². The number of carbonyl (C=O) groups excluding carboxylic acids is 1. The van der Waals surface area contributed by atoms with Crippen LogP contribution in [0.4, 0.5) is 13.2 Å². The Balaban J connectivity index is 2.96. The van der Waals surface area contributed by atoms with Crippen LogP contribution in [0, 0.1) is 5.41 Å². The lowest BCUT2D eigenvalue weighted by Crippen LogP contribution is -2.31. The summed E-state index contributed by atoms with van der Waals surface area (Å²) in [6, 6.07) is 3.25. The zero-order chi connectivity index (χ0) is 16.8. The second-order valence-electron chi connectivity index (χ2n) is 4.02. The molecule has 0 heterocycles. The summed E-state index contributed by atoms with van der Waals surface area (Å²) in [5.74, 6) is -0.585. The zero-order valence-corrected chi connectivity index (χ0v) is 12.9. The average Bonchev–Trinajstić information content (AvgIpc) is 2.46. The Morgan fingerprint density at radius 1 is 1.36 bits per heavy atom. The molecule has 0 saturated carbocycles. The molecule has 1 aromatic rings. The highest BCUT2D eigenvalue weighted by Crippen LogP contribution is 2.35. The van der Waals surface area contributed by atoms with Crippen molar-refractivity contribution < 1.29 is 18.0 Å². The van der Waals surface area contributed by atoms with Gasteiger partial charge < -0.3 is 10.7 Å². The molecule has 4 nitrogen and oxygen atoms in total. The van der Waals surface area contributed by atoms with E-state index in [1.165, 1.54) is 31.3 Å². The Bertz CT molecular complexity index is 561. The maximum Gasteiger partial charge on any atom is 0.408 e. The Morgan fingerprint density at radius 3 is 2.41 bits per heavy atom. The molecular formula is C13H13ClF3N3OS. The van der Waals surface area contributed by atoms with Crippen molar-refractivity contribution in [3.63, 3.8) is 0 Å². The molecule has 22 heavy (non-hydrogen) atoms. The number of hydrogen-bond acceptors (Lipinski definition) is 4. The third-order valence-corrected chi connectivity index (χ3v) is 3.65. The van der Waals surface area contributed by atoms with Crippen LogP contribution >= 0.6 is 23.5 Å². The van der Waals surface area contributed by atoms with E-state index in [9.17, 15) is 18.0 Å². The molecular weight excluding hydrogens is 339 g/mol. The van der Waals surface area contributed by atoms with Gasteiger partial charge in [-0.25, -0.2) is 4.72 Å². The number of carbonyl (C=O) groups is 1. The fourth-order valence-electron chi connectivity index (χ4n) is 1.46. The first kappa shape index (κ1) is 18.5. The third kappa shape index (κ3) is 5.36. The van der Waals surface area contributed by atoms with Crippen LogP contribution in [0.5, 0.6) is 0 Å². The molecule has 0 saturated heterocycles. The van der Waals surface area contributed by atoms with Gasteiger partial charge in [0.15, 0.2) is 0 Å². The minimum Gasteiger partial charge on any atom is -0.355 e. The molecule has 0 aliphatic carbocycles. The number of alkyl halides is 3. The van der Waals surface area contributed by atoms with Crippen LogP contribution in [0.25, 0.3) is 0 Å². The first-order valence-electron chi connectivity index (χ1n) is 5.97. The maximum absolute atomic E-state index is 13.2. The number of likely N-dealkylation sites (N-methyl/N-ethyl adjacent to an activating group) is 1. The van der Waals surface area contributed by atoms with E-state index < -0.39 is 18.1 Å². The quantitative estimate of drug-likeness (QED) is 0.418. The van der Waals surface area contributed by atoms with Crippen molar-refractivity contribution >= 4 is 35.7 Å². The molecule has 1 amide bonds. The highest BCUT2D eigenvalue weighted by Gasteiger charge is 2.41. The van der Waals surface area contributed by atoms with Crippen molar-refractivity contribution in [3.8, 4) is 0 Å². The van der Waals surface area contributed by atoms with Gasteiger partial charge in [-0.3, -0.25) is 4.79 Å². The fourth-order valence-corrected chi connectivity index (χ4v) is 2.43. The molecule has 1 aromatic carbocycles. The molecule has 1 atom stereocenters. The van der Waals surface area contributed by atoms with E-state index in [0.717, 1.165) is 12.3 Å². The molecule has 0 bridgehead atoms. The van der Waals surface area contributed by atoms with Crippen LogP contribution in [0.1, 0.15) is 11.6 Å². The van der Waals surface area contributed by atoms with Gasteiger partial charge in [-0.1, -0.05) is 23.7 Å². The molecule has 0 fully saturated rings. The van der Waals surface area contributed by atoms with E-state index in [1.807, 2.05) is 0 Å². The summed E-state index contributed by atoms with van der Waals surface area (Å²) in [5.41, 5.74) is -0.0319. The van der Waals surface area contributed by atoms with Crippen molar-refractivity contribution in [1.82, 2.24) is 10.0 Å². The van der Waals surface area contributed by atoms with Gasteiger partial charge in [-0.05, 0) is 35.7 Å². The Hall–Kier alpha value is -1.51. The maximum atomic E-state index is 13.2. The summed E-state index contributed by atoms with van der Waals surface area (Å²) >= 11 is 6.17. The second-order valence-corrected chi connectivity index (χ2v) is 5.34. The lowest BCUT2D eigenvalue weighted by Gasteiger charge is -2.22. The molecule has 0 aliphatic rings. The lowest BCUT2D eigenvalue weighted by atomic mass is 10.1. The van der Waals surface area contributed by atoms with E-state index in [1.54, 1.807) is 0 Å². The van der Waals surface area contributed by atoms with Gasteiger partial charge in [0.05, 0.1) is 4.91 Å². The zero-order valence-electron chi connectivity index (χ0n) is 11.4. The Labute approximate surface area is 134 Å². The topological polar surface area (TPSA) is 65.0 Å². The number of hydrogen-bond donors (Lipinski definition) is 3. The number of nitrogens with one attached hydrogen (secondary N) is 3. The first-order valence-corrected chi connectivity index (χ1v) is 7.16. The van der Waals surface area contributed by atoms with Crippen LogP contribution in [-0.4, -0.2) is 25.3 Å². The van der Waals surface area contributed by atoms with Crippen LogP contribution in [0.2, 0.25) is 5.02 Å². The van der Waals surface area contributed by atoms with Gasteiger partial charge in [-0.2, -0.15) is 13.2 Å². The van der Waals surface area contributed by atoms with E-state index in [4.69, 9.17) is 17.0 Å². The monoisotopic (exact) mass is 351 g/mol. The Kier molecular flexibility index (Phi) is 6.92. The van der Waals surface area contributed by atoms with E-state index in [2.05, 4.69) is 10.0 Å². The molecule has 120 valence electrons. The number of benzene rings is 1. The minimum absolute atomic E-state index is 0.0319. The number of rotatable bonds is 6. The molecule has 0 aromatic heterocycles. The largest absolute Gasteiger partial charge is 0.408 e. The van der Waals surface area contributed by atoms with Crippen molar-refractivity contribution in [1.29, 1.82) is 5.41 Å². The molecule has 0 unspecified atom stereocenters. The molecule has 3 N–H and O–H groups in total. The van der Waals surface area contributed by atoms with Crippen molar-refractivity contribution in [3.05, 3.63) is 45.8 Å². The number of amides is 1. The van der Waals surface area contributed by atoms with Crippen LogP contribution < -0.4 is 10.0 Å². The summed E-state index contributed by atoms with van der Waals surface area (Å²) in [6.45, 7) is 0. The second kappa shape index (κ2) is 8.21. The summed E-state index contributed by atoms with van der Waals surface area (Å²) in [6.07, 6.45) is -2.63. The molecule has 0 spiro atoms. The van der Waals surface area contributed by atoms with Gasteiger partial charge in [0, 0.05) is 18.3 Å². The normalized spacial score (nSPS) is 13.6. The van der Waals surface area contributed by atoms with Gasteiger partial charge in [0.25, 0.3) is 5.91 Å². The third-order valence-electron chi connectivity index (χ3n) is 2.50. The molecule has 0 aliphatic heterocycles. The highest BCUT2D eigenvalue weighted by molar-refractivity contribution is 8.02. The average molecular weight is 352 g/mol. The standard InChI is InChI=1S/C13H13ClF3N3OS/c1-19-12(21)10(6-7-18)22-20-11(13(15,16)17)8-2-4-9(14)5-3-8/h2-7,11,18,20H,1H3,(H,19,21)/b10-6+,18-7?/t11-/m1/s1. The summed E-state index contributed by atoms with van der Waals surface area (Å²) < 4.78 is 41.7. The smallest absolute Gasteiger partial charge is 0.355 e. The van der Waals surface area contributed by atoms with Gasteiger partial charge in [0.1, 0.15) is 6.04 Å². The molecule has 9 heteroatoms. The number of allylic oxidation sites excluding steroid dienone is 1. The first-order chi connectivity index (χ1) is 10.3. The predicted octanol–water partition coefficient (Wildman–Crippen LogP) is 3.46. The highest BCUT2D eigenvalue weighted by atomic mass is 35.5. The van der Waals surface area contributed by atoms with Gasteiger partial charge in [-0.15, -0.1) is 0 Å². The summed E-state index contributed by atoms with van der Waals surface area (Å²) in [7, 11) is 1.35. The lowest BCUT2D eigenvalue weighted by molar-refractivity contribution is -0.152. The van der Waals surface area contributed by atoms with Crippen LogP contribution in [-0.2, 0) is 4.79 Å². The van der Waals surface area contributed by atoms with Gasteiger partial charge in [0.2, 0.25) is 0 Å². The van der Waals surface area contributed by atoms with Crippen LogP contribution in [0.15, 0.2) is 35.2 Å². The van der Waals surface area contributed by atoms with E-state index in [0.29, 0.717) is 17.0 Å². The van der Waals surface area contributed by atoms with Crippen molar-refractivity contribution in [2.45, 2.75) is 12.2 Å². The SMILES string of the molecule is CNC(=O)/C(=C\C=N)SN[C@H](c1ccc(Cl)cc1)C(F)(F)F. The van der Waals surface area contributed by atoms with E-state index >= 15 is 0 Å². The van der Waals surface area contributed by atoms with E-state index in [-0.39, 0.29) is 10.5 Å². The predicted molar refractivity (Wildman–Crippen MR) is 81.9 cm³/mol. The molecule has 1 rings (SSSR count). The molecule has 0 radical (unpaired) electrons. The summed E-state index contributed by atoms with van der Waals surface area (Å²) in [5, 5.41) is 9.55. The Morgan fingerprint density at radius 2 is 1.95 bits per heavy atom. The van der Waals surface area contributed by atoms with Gasteiger partial charge >= 0.3 is 6.18 Å². The number of halogens is 4.